The van der Waals surface area contributed by atoms with Crippen molar-refractivity contribution >= 4 is 21.8 Å². The minimum atomic E-state index is -3.99. The van der Waals surface area contributed by atoms with Crippen molar-refractivity contribution in [1.82, 2.24) is 10.6 Å². The molecule has 0 radical (unpaired) electrons. The lowest BCUT2D eigenvalue weighted by atomic mass is 9.92. The van der Waals surface area contributed by atoms with E-state index >= 15 is 0 Å². The summed E-state index contributed by atoms with van der Waals surface area (Å²) in [5.74, 6) is -1.91. The Labute approximate surface area is 180 Å². The van der Waals surface area contributed by atoms with Crippen molar-refractivity contribution in [2.45, 2.75) is 31.7 Å². The summed E-state index contributed by atoms with van der Waals surface area (Å²) in [5, 5.41) is 5.13. The first-order valence-corrected chi connectivity index (χ1v) is 11.3. The van der Waals surface area contributed by atoms with Crippen LogP contribution in [0.3, 0.4) is 0 Å². The lowest BCUT2D eigenvalue weighted by molar-refractivity contribution is -0.139. The van der Waals surface area contributed by atoms with E-state index in [1.54, 1.807) is 19.1 Å². The summed E-state index contributed by atoms with van der Waals surface area (Å²) in [4.78, 5) is 25.1. The molecule has 0 aromatic heterocycles. The molecule has 0 fully saturated rings. The van der Waals surface area contributed by atoms with Gasteiger partial charge in [-0.25, -0.2) is 22.4 Å². The Morgan fingerprint density at radius 3 is 2.48 bits per heavy atom. The van der Waals surface area contributed by atoms with Crippen molar-refractivity contribution in [1.29, 1.82) is 0 Å². The molecule has 7 nitrogen and oxygen atoms in total. The number of halogens is 1. The van der Waals surface area contributed by atoms with Crippen molar-refractivity contribution < 1.29 is 27.1 Å². The molecule has 2 N–H and O–H groups in total. The van der Waals surface area contributed by atoms with Gasteiger partial charge in [0.05, 0.1) is 28.9 Å². The molecule has 0 saturated carbocycles. The quantitative estimate of drug-likeness (QED) is 0.525. The fraction of sp³-hybridized carbons (Fsp3) is 0.273. The lowest BCUT2D eigenvalue weighted by Crippen LogP contribution is -2.47. The van der Waals surface area contributed by atoms with Gasteiger partial charge in [0.1, 0.15) is 5.82 Å². The van der Waals surface area contributed by atoms with Gasteiger partial charge in [-0.1, -0.05) is 24.3 Å². The molecule has 1 aliphatic heterocycles. The molecule has 0 bridgehead atoms. The Morgan fingerprint density at radius 2 is 1.84 bits per heavy atom. The number of nitrogens with one attached hydrogen (secondary N) is 2. The number of ether oxygens (including phenoxy) is 1. The highest BCUT2D eigenvalue weighted by atomic mass is 32.2. The number of aryl methyl sites for hydroxylation is 2. The highest BCUT2D eigenvalue weighted by Crippen LogP contribution is 2.31. The molecule has 0 spiro atoms. The second kappa shape index (κ2) is 8.89. The van der Waals surface area contributed by atoms with Crippen LogP contribution in [0.2, 0.25) is 0 Å². The summed E-state index contributed by atoms with van der Waals surface area (Å²) in [6, 6.07) is 9.08. The second-order valence-electron chi connectivity index (χ2n) is 7.17. The number of urea groups is 1. The standard InChI is InChI=1S/C22H23FN2O5S/c1-4-30-21(26)19-18(12-31(28,29)15-9-10-17(23)14(3)11-15)24-22(27)25-20(19)16-8-6-5-7-13(16)2/h5-11,20H,4,12H2,1-3H3,(H2,24,25,27)/t20-/m1/s1. The third kappa shape index (κ3) is 4.77. The van der Waals surface area contributed by atoms with Crippen LogP contribution in [0.4, 0.5) is 9.18 Å². The predicted octanol–water partition coefficient (Wildman–Crippen LogP) is 3.09. The number of hydrogen-bond donors (Lipinski definition) is 2. The van der Waals surface area contributed by atoms with Gasteiger partial charge in [-0.15, -0.1) is 0 Å². The maximum atomic E-state index is 13.6. The Kier molecular flexibility index (Phi) is 6.45. The van der Waals surface area contributed by atoms with Crippen molar-refractivity contribution in [3.8, 4) is 0 Å². The van der Waals surface area contributed by atoms with Crippen LogP contribution < -0.4 is 10.6 Å². The lowest BCUT2D eigenvalue weighted by Gasteiger charge is -2.30. The minimum absolute atomic E-state index is 0.0122. The van der Waals surface area contributed by atoms with Crippen LogP contribution in [0.1, 0.15) is 29.7 Å². The van der Waals surface area contributed by atoms with Crippen LogP contribution in [0.5, 0.6) is 0 Å². The first kappa shape index (κ1) is 22.5. The van der Waals surface area contributed by atoms with E-state index in [-0.39, 0.29) is 28.3 Å². The molecular weight excluding hydrogens is 423 g/mol. The summed E-state index contributed by atoms with van der Waals surface area (Å²) in [6.45, 7) is 4.99. The maximum absolute atomic E-state index is 13.6. The second-order valence-corrected chi connectivity index (χ2v) is 9.16. The molecule has 1 aliphatic rings. The van der Waals surface area contributed by atoms with Crippen molar-refractivity contribution in [3.63, 3.8) is 0 Å². The van der Waals surface area contributed by atoms with Crippen LogP contribution >= 0.6 is 0 Å². The predicted molar refractivity (Wildman–Crippen MR) is 112 cm³/mol. The van der Waals surface area contributed by atoms with Crippen LogP contribution in [0.25, 0.3) is 0 Å². The zero-order chi connectivity index (χ0) is 22.8. The number of sulfone groups is 1. The highest BCUT2D eigenvalue weighted by molar-refractivity contribution is 7.91. The van der Waals surface area contributed by atoms with Gasteiger partial charge in [-0.3, -0.25) is 0 Å². The minimum Gasteiger partial charge on any atom is -0.463 e. The first-order chi connectivity index (χ1) is 14.6. The Bertz CT molecular complexity index is 1170. The normalized spacial score (nSPS) is 16.5. The van der Waals surface area contributed by atoms with Gasteiger partial charge >= 0.3 is 12.0 Å². The zero-order valence-corrected chi connectivity index (χ0v) is 18.2. The van der Waals surface area contributed by atoms with Gasteiger partial charge in [0.15, 0.2) is 9.84 Å². The van der Waals surface area contributed by atoms with Gasteiger partial charge in [0, 0.05) is 5.70 Å². The SMILES string of the molecule is CCOC(=O)C1=C(CS(=O)(=O)c2ccc(F)c(C)c2)NC(=O)N[C@@H]1c1ccccc1C. The van der Waals surface area contributed by atoms with E-state index < -0.39 is 39.4 Å². The van der Waals surface area contributed by atoms with Crippen LogP contribution in [-0.2, 0) is 19.4 Å². The van der Waals surface area contributed by atoms with Gasteiger partial charge in [-0.2, -0.15) is 0 Å². The first-order valence-electron chi connectivity index (χ1n) is 9.66. The fourth-order valence-electron chi connectivity index (χ4n) is 3.41. The molecule has 31 heavy (non-hydrogen) atoms. The molecule has 0 aliphatic carbocycles. The van der Waals surface area contributed by atoms with Gasteiger partial charge in [0.25, 0.3) is 0 Å². The molecule has 0 saturated heterocycles. The molecule has 1 atom stereocenters. The van der Waals surface area contributed by atoms with E-state index in [1.807, 2.05) is 19.1 Å². The number of rotatable bonds is 6. The molecule has 3 rings (SSSR count). The Hall–Kier alpha value is -3.20. The molecule has 9 heteroatoms. The number of carbonyl (C=O) groups excluding carboxylic acids is 2. The smallest absolute Gasteiger partial charge is 0.338 e. The van der Waals surface area contributed by atoms with E-state index in [2.05, 4.69) is 10.6 Å². The number of hydrogen-bond acceptors (Lipinski definition) is 5. The highest BCUT2D eigenvalue weighted by Gasteiger charge is 2.36. The van der Waals surface area contributed by atoms with Gasteiger partial charge < -0.3 is 15.4 Å². The van der Waals surface area contributed by atoms with Crippen molar-refractivity contribution in [2.75, 3.05) is 12.4 Å². The number of amides is 2. The largest absolute Gasteiger partial charge is 0.463 e. The molecule has 164 valence electrons. The molecule has 2 aromatic rings. The Balaban J connectivity index is 2.13. The van der Waals surface area contributed by atoms with Gasteiger partial charge in [0.2, 0.25) is 0 Å². The fourth-order valence-corrected chi connectivity index (χ4v) is 4.82. The summed E-state index contributed by atoms with van der Waals surface area (Å²) < 4.78 is 44.8. The number of esters is 1. The molecule has 2 aromatic carbocycles. The van der Waals surface area contributed by atoms with E-state index in [9.17, 15) is 22.4 Å². The van der Waals surface area contributed by atoms with E-state index in [0.717, 1.165) is 17.7 Å². The van der Waals surface area contributed by atoms with Crippen molar-refractivity contribution in [3.05, 3.63) is 76.2 Å². The van der Waals surface area contributed by atoms with Gasteiger partial charge in [-0.05, 0) is 55.7 Å². The summed E-state index contributed by atoms with van der Waals surface area (Å²) in [6.07, 6.45) is 0. The average Bonchev–Trinajstić information content (AvgIpc) is 2.69. The number of benzene rings is 2. The molecule has 0 unspecified atom stereocenters. The van der Waals surface area contributed by atoms with Crippen LogP contribution in [0.15, 0.2) is 58.6 Å². The van der Waals surface area contributed by atoms with Crippen molar-refractivity contribution in [2.24, 2.45) is 0 Å². The number of carbonyl (C=O) groups is 2. The average molecular weight is 447 g/mol. The third-order valence-corrected chi connectivity index (χ3v) is 6.61. The summed E-state index contributed by atoms with van der Waals surface area (Å²) >= 11 is 0. The summed E-state index contributed by atoms with van der Waals surface area (Å²) in [7, 11) is -3.99. The molecular formula is C22H23FN2O5S. The topological polar surface area (TPSA) is 102 Å². The van der Waals surface area contributed by atoms with E-state index in [1.165, 1.54) is 13.0 Å². The third-order valence-electron chi connectivity index (χ3n) is 4.97. The monoisotopic (exact) mass is 446 g/mol. The van der Waals surface area contributed by atoms with Crippen LogP contribution in [0, 0.1) is 19.7 Å². The van der Waals surface area contributed by atoms with E-state index in [4.69, 9.17) is 4.74 Å². The van der Waals surface area contributed by atoms with Crippen LogP contribution in [-0.4, -0.2) is 32.8 Å². The van der Waals surface area contributed by atoms with E-state index in [0.29, 0.717) is 5.56 Å². The summed E-state index contributed by atoms with van der Waals surface area (Å²) in [5.41, 5.74) is 1.57. The maximum Gasteiger partial charge on any atom is 0.338 e. The Morgan fingerprint density at radius 1 is 1.13 bits per heavy atom. The zero-order valence-electron chi connectivity index (χ0n) is 17.4. The molecule has 1 heterocycles. The molecule has 2 amide bonds.